The lowest BCUT2D eigenvalue weighted by atomic mass is 9.55. The Hall–Kier alpha value is -0.0800. The highest BCUT2D eigenvalue weighted by Crippen LogP contribution is 2.51. The largest absolute Gasteiger partial charge is 0.377 e. The molecule has 1 aliphatic heterocycles. The van der Waals surface area contributed by atoms with Crippen LogP contribution in [-0.4, -0.2) is 24.8 Å². The summed E-state index contributed by atoms with van der Waals surface area (Å²) >= 11 is 0. The molecule has 0 aromatic heterocycles. The maximum absolute atomic E-state index is 6.01. The molecule has 110 valence electrons. The van der Waals surface area contributed by atoms with E-state index in [9.17, 15) is 0 Å². The minimum absolute atomic E-state index is 0.336. The van der Waals surface area contributed by atoms with E-state index in [4.69, 9.17) is 4.74 Å². The maximum atomic E-state index is 6.01. The van der Waals surface area contributed by atoms with Crippen LogP contribution in [0.5, 0.6) is 0 Å². The summed E-state index contributed by atoms with van der Waals surface area (Å²) in [6.07, 6.45) is 10.2. The van der Waals surface area contributed by atoms with Crippen LogP contribution in [0.4, 0.5) is 0 Å². The lowest BCUT2D eigenvalue weighted by Crippen LogP contribution is -2.70. The van der Waals surface area contributed by atoms with E-state index in [1.165, 1.54) is 44.9 Å². The summed E-state index contributed by atoms with van der Waals surface area (Å²) in [6, 6.07) is 1.45. The second-order valence-corrected chi connectivity index (χ2v) is 7.87. The highest BCUT2D eigenvalue weighted by atomic mass is 16.5. The number of nitrogens with one attached hydrogen (secondary N) is 1. The molecule has 3 aliphatic rings. The van der Waals surface area contributed by atoms with E-state index in [2.05, 4.69) is 26.1 Å². The normalized spacial score (nSPS) is 45.9. The summed E-state index contributed by atoms with van der Waals surface area (Å²) in [5, 5.41) is 4.03. The van der Waals surface area contributed by atoms with E-state index in [1.54, 1.807) is 0 Å². The Morgan fingerprint density at radius 1 is 1.00 bits per heavy atom. The summed E-state index contributed by atoms with van der Waals surface area (Å²) in [7, 11) is 0. The molecule has 1 N–H and O–H groups in total. The predicted molar refractivity (Wildman–Crippen MR) is 79.2 cm³/mol. The van der Waals surface area contributed by atoms with Crippen molar-refractivity contribution in [3.8, 4) is 0 Å². The third-order valence-electron chi connectivity index (χ3n) is 6.00. The Labute approximate surface area is 118 Å². The van der Waals surface area contributed by atoms with Crippen LogP contribution in [0.1, 0.15) is 65.7 Å². The van der Waals surface area contributed by atoms with Gasteiger partial charge in [-0.2, -0.15) is 0 Å². The fraction of sp³-hybridized carbons (Fsp3) is 1.00. The van der Waals surface area contributed by atoms with Gasteiger partial charge in [-0.3, -0.25) is 0 Å². The smallest absolute Gasteiger partial charge is 0.0684 e. The van der Waals surface area contributed by atoms with Gasteiger partial charge in [0.15, 0.2) is 0 Å². The molecule has 5 atom stereocenters. The average molecular weight is 265 g/mol. The molecule has 0 aromatic carbocycles. The van der Waals surface area contributed by atoms with E-state index < -0.39 is 0 Å². The molecule has 1 heterocycles. The van der Waals surface area contributed by atoms with Gasteiger partial charge in [0.25, 0.3) is 0 Å². The molecule has 19 heavy (non-hydrogen) atoms. The molecule has 0 spiro atoms. The highest BCUT2D eigenvalue weighted by Gasteiger charge is 2.57. The van der Waals surface area contributed by atoms with E-state index in [0.29, 0.717) is 17.6 Å². The van der Waals surface area contributed by atoms with Crippen molar-refractivity contribution in [1.82, 2.24) is 5.32 Å². The molecule has 2 heteroatoms. The fourth-order valence-electron chi connectivity index (χ4n) is 4.77. The Morgan fingerprint density at radius 2 is 1.84 bits per heavy atom. The molecule has 2 aliphatic carbocycles. The van der Waals surface area contributed by atoms with E-state index in [1.807, 2.05) is 0 Å². The molecule has 0 aromatic rings. The van der Waals surface area contributed by atoms with Crippen molar-refractivity contribution in [1.29, 1.82) is 0 Å². The summed E-state index contributed by atoms with van der Waals surface area (Å²) in [6.45, 7) is 8.20. The molecule has 0 radical (unpaired) electrons. The predicted octanol–water partition coefficient (Wildman–Crippen LogP) is 3.75. The second-order valence-electron chi connectivity index (χ2n) is 7.87. The molecule has 2 nitrogen and oxygen atoms in total. The van der Waals surface area contributed by atoms with Crippen molar-refractivity contribution in [2.75, 3.05) is 6.61 Å². The number of hydrogen-bond donors (Lipinski definition) is 1. The molecule has 2 saturated carbocycles. The first kappa shape index (κ1) is 13.9. The lowest BCUT2D eigenvalue weighted by molar-refractivity contribution is -0.194. The van der Waals surface area contributed by atoms with E-state index >= 15 is 0 Å². The monoisotopic (exact) mass is 265 g/mol. The number of rotatable bonds is 2. The van der Waals surface area contributed by atoms with Crippen LogP contribution in [-0.2, 0) is 4.74 Å². The van der Waals surface area contributed by atoms with E-state index in [0.717, 1.165) is 24.5 Å². The van der Waals surface area contributed by atoms with Gasteiger partial charge in [0, 0.05) is 30.0 Å². The maximum Gasteiger partial charge on any atom is 0.0684 e. The van der Waals surface area contributed by atoms with Gasteiger partial charge in [-0.1, -0.05) is 33.6 Å². The zero-order valence-corrected chi connectivity index (χ0v) is 13.0. The van der Waals surface area contributed by atoms with Crippen LogP contribution >= 0.6 is 0 Å². The van der Waals surface area contributed by atoms with Crippen molar-refractivity contribution in [3.63, 3.8) is 0 Å². The van der Waals surface area contributed by atoms with Gasteiger partial charge < -0.3 is 10.1 Å². The van der Waals surface area contributed by atoms with E-state index in [-0.39, 0.29) is 0 Å². The average Bonchev–Trinajstić information content (AvgIpc) is 2.61. The van der Waals surface area contributed by atoms with Gasteiger partial charge in [-0.15, -0.1) is 0 Å². The second kappa shape index (κ2) is 5.37. The molecular formula is C17H31NO. The summed E-state index contributed by atoms with van der Waals surface area (Å²) in [5.74, 6) is 1.72. The van der Waals surface area contributed by atoms with Gasteiger partial charge in [-0.25, -0.2) is 0 Å². The molecule has 0 amide bonds. The fourth-order valence-corrected chi connectivity index (χ4v) is 4.77. The van der Waals surface area contributed by atoms with Crippen molar-refractivity contribution in [3.05, 3.63) is 0 Å². The highest BCUT2D eigenvalue weighted by molar-refractivity contribution is 5.10. The van der Waals surface area contributed by atoms with Gasteiger partial charge >= 0.3 is 0 Å². The topological polar surface area (TPSA) is 21.3 Å². The summed E-state index contributed by atoms with van der Waals surface area (Å²) in [5.41, 5.74) is 0.336. The molecule has 3 rings (SSSR count). The van der Waals surface area contributed by atoms with Crippen LogP contribution < -0.4 is 5.32 Å². The molecule has 5 unspecified atom stereocenters. The van der Waals surface area contributed by atoms with Crippen molar-refractivity contribution in [2.45, 2.75) is 83.9 Å². The SMILES string of the molecule is CC1CCCC(NC2C3CCCOC3C2(C)C)CC1. The molecule has 1 saturated heterocycles. The van der Waals surface area contributed by atoms with Gasteiger partial charge in [-0.05, 0) is 38.0 Å². The van der Waals surface area contributed by atoms with Crippen molar-refractivity contribution in [2.24, 2.45) is 17.3 Å². The van der Waals surface area contributed by atoms with Crippen molar-refractivity contribution < 1.29 is 4.74 Å². The zero-order valence-electron chi connectivity index (χ0n) is 13.0. The van der Waals surface area contributed by atoms with Gasteiger partial charge in [0.1, 0.15) is 0 Å². The quantitative estimate of drug-likeness (QED) is 0.768. The molecule has 0 bridgehead atoms. The van der Waals surface area contributed by atoms with Gasteiger partial charge in [0.2, 0.25) is 0 Å². The zero-order chi connectivity index (χ0) is 13.5. The lowest BCUT2D eigenvalue weighted by Gasteiger charge is -2.61. The standard InChI is InChI=1S/C17H31NO/c1-12-6-4-7-13(10-9-12)18-15-14-8-5-11-19-16(14)17(15,2)3/h12-16,18H,4-11H2,1-3H3. The number of fused-ring (bicyclic) bond motifs is 1. The van der Waals surface area contributed by atoms with Crippen LogP contribution in [0.15, 0.2) is 0 Å². The van der Waals surface area contributed by atoms with Crippen LogP contribution in [0.3, 0.4) is 0 Å². The third kappa shape index (κ3) is 2.58. The molecular weight excluding hydrogens is 234 g/mol. The minimum atomic E-state index is 0.336. The van der Waals surface area contributed by atoms with Crippen LogP contribution in [0, 0.1) is 17.3 Å². The van der Waals surface area contributed by atoms with Crippen molar-refractivity contribution >= 4 is 0 Å². The first-order valence-electron chi connectivity index (χ1n) is 8.46. The van der Waals surface area contributed by atoms with Crippen LogP contribution in [0.25, 0.3) is 0 Å². The Kier molecular flexibility index (Phi) is 3.92. The molecule has 3 fully saturated rings. The Bertz CT molecular complexity index is 314. The first-order valence-corrected chi connectivity index (χ1v) is 8.46. The number of hydrogen-bond acceptors (Lipinski definition) is 2. The number of ether oxygens (including phenoxy) is 1. The first-order chi connectivity index (χ1) is 9.09. The van der Waals surface area contributed by atoms with Crippen LogP contribution in [0.2, 0.25) is 0 Å². The van der Waals surface area contributed by atoms with Gasteiger partial charge in [0.05, 0.1) is 6.10 Å². The summed E-state index contributed by atoms with van der Waals surface area (Å²) in [4.78, 5) is 0. The minimum Gasteiger partial charge on any atom is -0.377 e. The third-order valence-corrected chi connectivity index (χ3v) is 6.00. The Balaban J connectivity index is 1.59. The summed E-state index contributed by atoms with van der Waals surface area (Å²) < 4.78 is 6.01. The Morgan fingerprint density at radius 3 is 2.68 bits per heavy atom.